The average molecular weight is 413 g/mol. The summed E-state index contributed by atoms with van der Waals surface area (Å²) in [6.45, 7) is 0. The number of hydrogen-bond donors (Lipinski definition) is 2. The van der Waals surface area contributed by atoms with Crippen LogP contribution in [0.1, 0.15) is 57.2 Å². The molecule has 0 saturated heterocycles. The van der Waals surface area contributed by atoms with Gasteiger partial charge in [0.25, 0.3) is 5.89 Å². The highest BCUT2D eigenvalue weighted by Crippen LogP contribution is 2.35. The van der Waals surface area contributed by atoms with E-state index in [-0.39, 0.29) is 23.3 Å². The van der Waals surface area contributed by atoms with Crippen molar-refractivity contribution in [3.05, 3.63) is 30.1 Å². The molecule has 0 spiro atoms. The number of halogens is 1. The fourth-order valence-corrected chi connectivity index (χ4v) is 5.25. The number of nitrogens with zero attached hydrogens (tertiary/aromatic N) is 2. The molecule has 1 aromatic heterocycles. The molecule has 3 N–H and O–H groups in total. The standard InChI is InChI=1S/C18H24N4O3S.ClH/c19-18(10-3-4-11-18)17-20-16(25-21-17)13-6-5-9-15(12-13)26(23,24)22-14-7-1-2-8-14;/h5-6,9,12,14,22H,1-4,7-8,10-11,19H2;1H. The predicted octanol–water partition coefficient (Wildman–Crippen LogP) is 3.11. The maximum absolute atomic E-state index is 12.6. The Labute approximate surface area is 165 Å². The molecule has 1 aromatic carbocycles. The van der Waals surface area contributed by atoms with Gasteiger partial charge in [0.15, 0.2) is 5.82 Å². The highest BCUT2D eigenvalue weighted by Gasteiger charge is 2.36. The highest BCUT2D eigenvalue weighted by atomic mass is 35.5. The van der Waals surface area contributed by atoms with Gasteiger partial charge in [-0.25, -0.2) is 13.1 Å². The van der Waals surface area contributed by atoms with Gasteiger partial charge in [-0.05, 0) is 43.9 Å². The molecule has 2 aromatic rings. The normalized spacial score (nSPS) is 19.9. The zero-order chi connectivity index (χ0) is 18.2. The lowest BCUT2D eigenvalue weighted by Crippen LogP contribution is -2.34. The molecule has 2 aliphatic carbocycles. The zero-order valence-corrected chi connectivity index (χ0v) is 16.7. The molecule has 2 aliphatic rings. The Morgan fingerprint density at radius 3 is 2.56 bits per heavy atom. The molecule has 2 saturated carbocycles. The van der Waals surface area contributed by atoms with Crippen molar-refractivity contribution in [1.29, 1.82) is 0 Å². The van der Waals surface area contributed by atoms with Crippen molar-refractivity contribution >= 4 is 22.4 Å². The molecule has 0 radical (unpaired) electrons. The quantitative estimate of drug-likeness (QED) is 0.780. The Kier molecular flexibility index (Phi) is 5.90. The third-order valence-corrected chi connectivity index (χ3v) is 6.95. The van der Waals surface area contributed by atoms with Crippen LogP contribution < -0.4 is 10.5 Å². The minimum atomic E-state index is -3.56. The summed E-state index contributed by atoms with van der Waals surface area (Å²) in [6, 6.07) is 6.64. The van der Waals surface area contributed by atoms with Crippen LogP contribution in [0, 0.1) is 0 Å². The Hall–Kier alpha value is -1.48. The van der Waals surface area contributed by atoms with E-state index in [1.807, 2.05) is 0 Å². The first kappa shape index (κ1) is 20.3. The van der Waals surface area contributed by atoms with E-state index in [0.29, 0.717) is 17.3 Å². The molecular formula is C18H25ClN4O3S. The number of sulfonamides is 1. The van der Waals surface area contributed by atoms with Gasteiger partial charge in [-0.1, -0.05) is 36.9 Å². The van der Waals surface area contributed by atoms with Crippen molar-refractivity contribution < 1.29 is 12.9 Å². The van der Waals surface area contributed by atoms with E-state index in [1.165, 1.54) is 0 Å². The van der Waals surface area contributed by atoms with Crippen LogP contribution in [-0.4, -0.2) is 24.6 Å². The van der Waals surface area contributed by atoms with Crippen molar-refractivity contribution in [2.45, 2.75) is 67.8 Å². The maximum Gasteiger partial charge on any atom is 0.258 e. The fourth-order valence-electron chi connectivity index (χ4n) is 3.90. The molecule has 0 unspecified atom stereocenters. The van der Waals surface area contributed by atoms with Gasteiger partial charge < -0.3 is 10.3 Å². The highest BCUT2D eigenvalue weighted by molar-refractivity contribution is 7.89. The van der Waals surface area contributed by atoms with Gasteiger partial charge in [-0.2, -0.15) is 4.98 Å². The number of rotatable bonds is 5. The minimum Gasteiger partial charge on any atom is -0.334 e. The Balaban J connectivity index is 0.00000210. The smallest absolute Gasteiger partial charge is 0.258 e. The lowest BCUT2D eigenvalue weighted by atomic mass is 9.99. The van der Waals surface area contributed by atoms with Crippen molar-refractivity contribution in [2.75, 3.05) is 0 Å². The summed E-state index contributed by atoms with van der Waals surface area (Å²) in [4.78, 5) is 4.66. The number of nitrogens with two attached hydrogens (primary N) is 1. The van der Waals surface area contributed by atoms with E-state index < -0.39 is 15.6 Å². The monoisotopic (exact) mass is 412 g/mol. The lowest BCUT2D eigenvalue weighted by molar-refractivity contribution is 0.372. The van der Waals surface area contributed by atoms with E-state index in [2.05, 4.69) is 14.9 Å². The largest absolute Gasteiger partial charge is 0.334 e. The minimum absolute atomic E-state index is 0. The van der Waals surface area contributed by atoms with Crippen LogP contribution in [0.3, 0.4) is 0 Å². The molecule has 0 atom stereocenters. The van der Waals surface area contributed by atoms with Crippen LogP contribution in [0.15, 0.2) is 33.7 Å². The molecule has 4 rings (SSSR count). The summed E-state index contributed by atoms with van der Waals surface area (Å²) >= 11 is 0. The van der Waals surface area contributed by atoms with Gasteiger partial charge in [-0.3, -0.25) is 0 Å². The van der Waals surface area contributed by atoms with Crippen molar-refractivity contribution in [3.8, 4) is 11.5 Å². The molecule has 2 fully saturated rings. The molecule has 7 nitrogen and oxygen atoms in total. The Morgan fingerprint density at radius 2 is 1.85 bits per heavy atom. The van der Waals surface area contributed by atoms with E-state index in [4.69, 9.17) is 10.3 Å². The fraction of sp³-hybridized carbons (Fsp3) is 0.556. The van der Waals surface area contributed by atoms with Crippen molar-refractivity contribution in [2.24, 2.45) is 5.73 Å². The second-order valence-electron chi connectivity index (χ2n) is 7.42. The third kappa shape index (κ3) is 4.18. The summed E-state index contributed by atoms with van der Waals surface area (Å²) in [6.07, 6.45) is 7.71. The first-order valence-electron chi connectivity index (χ1n) is 9.22. The molecule has 0 aliphatic heterocycles. The molecule has 27 heavy (non-hydrogen) atoms. The van der Waals surface area contributed by atoms with E-state index in [9.17, 15) is 8.42 Å². The number of hydrogen-bond acceptors (Lipinski definition) is 6. The first-order valence-corrected chi connectivity index (χ1v) is 10.7. The van der Waals surface area contributed by atoms with Crippen LogP contribution in [0.5, 0.6) is 0 Å². The SMILES string of the molecule is Cl.NC1(c2noc(-c3cccc(S(=O)(=O)NC4CCCC4)c3)n2)CCCC1. The summed E-state index contributed by atoms with van der Waals surface area (Å²) in [5.41, 5.74) is 6.42. The second-order valence-corrected chi connectivity index (χ2v) is 9.13. The van der Waals surface area contributed by atoms with Crippen molar-refractivity contribution in [3.63, 3.8) is 0 Å². The lowest BCUT2D eigenvalue weighted by Gasteiger charge is -2.17. The molecule has 0 amide bonds. The van der Waals surface area contributed by atoms with E-state index >= 15 is 0 Å². The third-order valence-electron chi connectivity index (χ3n) is 5.44. The van der Waals surface area contributed by atoms with Gasteiger partial charge in [0.05, 0.1) is 10.4 Å². The van der Waals surface area contributed by atoms with Gasteiger partial charge in [-0.15, -0.1) is 12.4 Å². The van der Waals surface area contributed by atoms with Gasteiger partial charge >= 0.3 is 0 Å². The molecule has 9 heteroatoms. The number of aromatic nitrogens is 2. The van der Waals surface area contributed by atoms with Crippen molar-refractivity contribution in [1.82, 2.24) is 14.9 Å². The van der Waals surface area contributed by atoms with E-state index in [1.54, 1.807) is 24.3 Å². The van der Waals surface area contributed by atoms with Crippen LogP contribution >= 0.6 is 12.4 Å². The van der Waals surface area contributed by atoms with E-state index in [0.717, 1.165) is 51.4 Å². The maximum atomic E-state index is 12.6. The van der Waals surface area contributed by atoms with Crippen LogP contribution in [0.4, 0.5) is 0 Å². The molecule has 0 bridgehead atoms. The topological polar surface area (TPSA) is 111 Å². The zero-order valence-electron chi connectivity index (χ0n) is 15.1. The predicted molar refractivity (Wildman–Crippen MR) is 104 cm³/mol. The summed E-state index contributed by atoms with van der Waals surface area (Å²) in [5, 5.41) is 4.05. The summed E-state index contributed by atoms with van der Waals surface area (Å²) < 4.78 is 33.4. The first-order chi connectivity index (χ1) is 12.5. The van der Waals surface area contributed by atoms with Gasteiger partial charge in [0, 0.05) is 11.6 Å². The summed E-state index contributed by atoms with van der Waals surface area (Å²) in [7, 11) is -3.56. The van der Waals surface area contributed by atoms with Crippen LogP contribution in [0.25, 0.3) is 11.5 Å². The van der Waals surface area contributed by atoms with Crippen LogP contribution in [0.2, 0.25) is 0 Å². The second kappa shape index (κ2) is 7.87. The van der Waals surface area contributed by atoms with Gasteiger partial charge in [0.2, 0.25) is 10.0 Å². The molecule has 1 heterocycles. The molecule has 148 valence electrons. The number of nitrogens with one attached hydrogen (secondary N) is 1. The van der Waals surface area contributed by atoms with Crippen LogP contribution in [-0.2, 0) is 15.6 Å². The Morgan fingerprint density at radius 1 is 1.15 bits per heavy atom. The Bertz CT molecular complexity index is 888. The average Bonchev–Trinajstić information content (AvgIpc) is 3.36. The molecular weight excluding hydrogens is 388 g/mol. The van der Waals surface area contributed by atoms with Gasteiger partial charge in [0.1, 0.15) is 0 Å². The summed E-state index contributed by atoms with van der Waals surface area (Å²) in [5.74, 6) is 0.803. The number of benzene rings is 1.